The van der Waals surface area contributed by atoms with E-state index in [9.17, 15) is 9.59 Å². The summed E-state index contributed by atoms with van der Waals surface area (Å²) in [4.78, 5) is 26.4. The predicted octanol–water partition coefficient (Wildman–Crippen LogP) is 5.86. The fourth-order valence-corrected chi connectivity index (χ4v) is 4.44. The van der Waals surface area contributed by atoms with Crippen molar-refractivity contribution in [2.24, 2.45) is 5.92 Å². The summed E-state index contributed by atoms with van der Waals surface area (Å²) in [6, 6.07) is 12.2. The zero-order chi connectivity index (χ0) is 22.6. The van der Waals surface area contributed by atoms with Crippen molar-refractivity contribution < 1.29 is 19.1 Å². The summed E-state index contributed by atoms with van der Waals surface area (Å²) in [5.74, 6) is 0.465. The average molecular weight is 446 g/mol. The maximum Gasteiger partial charge on any atom is 0.348 e. The van der Waals surface area contributed by atoms with E-state index in [4.69, 9.17) is 4.74 Å². The molecule has 2 aromatic rings. The molecule has 0 aliphatic carbocycles. The third-order valence-corrected chi connectivity index (χ3v) is 6.26. The van der Waals surface area contributed by atoms with Gasteiger partial charge in [-0.05, 0) is 48.6 Å². The summed E-state index contributed by atoms with van der Waals surface area (Å²) in [6.45, 7) is 5.79. The molecule has 1 unspecified atom stereocenters. The minimum atomic E-state index is -0.289. The first-order valence-corrected chi connectivity index (χ1v) is 11.8. The number of esters is 1. The molecule has 2 heterocycles. The number of hydrogen-bond donors (Lipinski definition) is 0. The van der Waals surface area contributed by atoms with Crippen molar-refractivity contribution in [2.45, 2.75) is 59.0 Å². The molecule has 0 saturated carbocycles. The molecule has 5 nitrogen and oxygen atoms in total. The quantitative estimate of drug-likeness (QED) is 0.358. The molecule has 6 heteroatoms. The van der Waals surface area contributed by atoms with E-state index < -0.39 is 0 Å². The van der Waals surface area contributed by atoms with Gasteiger partial charge in [-0.15, -0.1) is 11.3 Å². The molecule has 1 aliphatic heterocycles. The second-order valence-electron chi connectivity index (χ2n) is 7.98. The lowest BCUT2D eigenvalue weighted by Crippen LogP contribution is -2.24. The van der Waals surface area contributed by atoms with Crippen LogP contribution in [0.3, 0.4) is 0 Å². The van der Waals surface area contributed by atoms with Crippen LogP contribution >= 0.6 is 11.3 Å². The highest BCUT2D eigenvalue weighted by Crippen LogP contribution is 2.25. The van der Waals surface area contributed by atoms with Crippen LogP contribution < -0.4 is 4.90 Å². The molecule has 1 aliphatic rings. The third-order valence-electron chi connectivity index (χ3n) is 5.22. The number of benzene rings is 1. The second-order valence-corrected chi connectivity index (χ2v) is 9.15. The van der Waals surface area contributed by atoms with Crippen LogP contribution in [0.1, 0.15) is 66.1 Å². The monoisotopic (exact) mass is 445 g/mol. The summed E-state index contributed by atoms with van der Waals surface area (Å²) in [7, 11) is 3.00. The van der Waals surface area contributed by atoms with Crippen molar-refractivity contribution in [3.05, 3.63) is 51.7 Å². The van der Waals surface area contributed by atoms with Crippen LogP contribution in [0.25, 0.3) is 0 Å². The number of nitrogens with zero attached hydrogens (tertiary/aromatic N) is 1. The number of unbranched alkanes of at least 4 members (excludes halogenated alkanes) is 3. The normalized spacial score (nSPS) is 15.5. The Morgan fingerprint density at radius 2 is 1.84 bits per heavy atom. The molecule has 1 aromatic carbocycles. The van der Waals surface area contributed by atoms with Crippen molar-refractivity contribution in [3.63, 3.8) is 0 Å². The van der Waals surface area contributed by atoms with Crippen molar-refractivity contribution in [2.75, 3.05) is 25.7 Å². The summed E-state index contributed by atoms with van der Waals surface area (Å²) >= 11 is 1.39. The molecule has 1 fully saturated rings. The largest absolute Gasteiger partial charge is 0.465 e. The Labute approximate surface area is 190 Å². The summed E-state index contributed by atoms with van der Waals surface area (Å²) in [5, 5.41) is 0. The van der Waals surface area contributed by atoms with Gasteiger partial charge in [0.1, 0.15) is 4.88 Å². The lowest BCUT2D eigenvalue weighted by atomic mass is 10.1. The Kier molecular flexibility index (Phi) is 10.7. The number of carbonyl (C=O) groups is 2. The predicted molar refractivity (Wildman–Crippen MR) is 127 cm³/mol. The van der Waals surface area contributed by atoms with E-state index in [0.717, 1.165) is 23.5 Å². The van der Waals surface area contributed by atoms with Gasteiger partial charge in [0, 0.05) is 30.6 Å². The molecule has 3 rings (SSSR count). The molecule has 1 saturated heterocycles. The van der Waals surface area contributed by atoms with Crippen LogP contribution in [0.2, 0.25) is 0 Å². The fourth-order valence-electron chi connectivity index (χ4n) is 3.54. The standard InChI is InChI=1S/C17H25NO.C8H10O3S/c1-3-4-5-6-7-15-8-10-16(11-9-15)18-13-14(2)12-17(18)19;1-10-5-6-3-4-7(12-6)8(9)11-2/h8-11,14H,3-7,12-13H2,1-2H3;3-4H,5H2,1-2H3. The molecular formula is C25H35NO4S. The number of methoxy groups -OCH3 is 2. The lowest BCUT2D eigenvalue weighted by molar-refractivity contribution is -0.117. The zero-order valence-corrected chi connectivity index (χ0v) is 20.0. The van der Waals surface area contributed by atoms with E-state index in [1.54, 1.807) is 13.2 Å². The van der Waals surface area contributed by atoms with Gasteiger partial charge >= 0.3 is 5.97 Å². The second kappa shape index (κ2) is 13.3. The van der Waals surface area contributed by atoms with Gasteiger partial charge in [0.25, 0.3) is 0 Å². The Hall–Kier alpha value is -2.18. The number of thiophene rings is 1. The van der Waals surface area contributed by atoms with Gasteiger partial charge in [0.2, 0.25) is 5.91 Å². The Morgan fingerprint density at radius 3 is 2.42 bits per heavy atom. The molecule has 0 radical (unpaired) electrons. The molecule has 1 amide bonds. The van der Waals surface area contributed by atoms with Crippen LogP contribution in [0.15, 0.2) is 36.4 Å². The maximum absolute atomic E-state index is 11.8. The highest BCUT2D eigenvalue weighted by molar-refractivity contribution is 7.13. The van der Waals surface area contributed by atoms with Crippen molar-refractivity contribution in [3.8, 4) is 0 Å². The molecule has 1 aromatic heterocycles. The van der Waals surface area contributed by atoms with Crippen molar-refractivity contribution in [1.29, 1.82) is 0 Å². The Morgan fingerprint density at radius 1 is 1.10 bits per heavy atom. The van der Waals surface area contributed by atoms with Crippen LogP contribution in [-0.2, 0) is 27.3 Å². The van der Waals surface area contributed by atoms with E-state index in [2.05, 4.69) is 42.8 Å². The minimum Gasteiger partial charge on any atom is -0.465 e. The van der Waals surface area contributed by atoms with Gasteiger partial charge in [-0.25, -0.2) is 4.79 Å². The van der Waals surface area contributed by atoms with Crippen LogP contribution in [0.4, 0.5) is 5.69 Å². The molecule has 0 spiro atoms. The highest BCUT2D eigenvalue weighted by Gasteiger charge is 2.27. The van der Waals surface area contributed by atoms with Crippen LogP contribution in [-0.4, -0.2) is 32.6 Å². The average Bonchev–Trinajstić information content (AvgIpc) is 3.38. The Balaban J connectivity index is 0.000000245. The topological polar surface area (TPSA) is 55.8 Å². The summed E-state index contributed by atoms with van der Waals surface area (Å²) in [5.41, 5.74) is 2.45. The summed E-state index contributed by atoms with van der Waals surface area (Å²) < 4.78 is 9.47. The SMILES string of the molecule is CCCCCCc1ccc(N2CC(C)CC2=O)cc1.COCc1ccc(C(=O)OC)s1. The number of anilines is 1. The van der Waals surface area contributed by atoms with E-state index in [1.165, 1.54) is 49.7 Å². The van der Waals surface area contributed by atoms with Crippen LogP contribution in [0, 0.1) is 5.92 Å². The van der Waals surface area contributed by atoms with Gasteiger partial charge in [0.15, 0.2) is 0 Å². The number of amides is 1. The smallest absolute Gasteiger partial charge is 0.348 e. The Bertz CT molecular complexity index is 815. The molecular weight excluding hydrogens is 410 g/mol. The van der Waals surface area contributed by atoms with E-state index in [0.29, 0.717) is 23.8 Å². The summed E-state index contributed by atoms with van der Waals surface area (Å²) in [6.07, 6.45) is 7.06. The zero-order valence-electron chi connectivity index (χ0n) is 19.2. The van der Waals surface area contributed by atoms with Crippen molar-refractivity contribution in [1.82, 2.24) is 0 Å². The lowest BCUT2D eigenvalue weighted by Gasteiger charge is -2.16. The van der Waals surface area contributed by atoms with Gasteiger partial charge in [-0.1, -0.05) is 45.2 Å². The van der Waals surface area contributed by atoms with Crippen LogP contribution in [0.5, 0.6) is 0 Å². The number of carbonyl (C=O) groups excluding carboxylic acids is 2. The molecule has 1 atom stereocenters. The third kappa shape index (κ3) is 8.11. The number of ether oxygens (including phenoxy) is 2. The minimum absolute atomic E-state index is 0.267. The maximum atomic E-state index is 11.8. The van der Waals surface area contributed by atoms with Gasteiger partial charge in [-0.3, -0.25) is 4.79 Å². The molecule has 0 N–H and O–H groups in total. The van der Waals surface area contributed by atoms with E-state index >= 15 is 0 Å². The molecule has 31 heavy (non-hydrogen) atoms. The van der Waals surface area contributed by atoms with E-state index in [1.807, 2.05) is 11.0 Å². The van der Waals surface area contributed by atoms with E-state index in [-0.39, 0.29) is 11.9 Å². The highest BCUT2D eigenvalue weighted by atomic mass is 32.1. The number of rotatable bonds is 9. The first kappa shape index (κ1) is 25.1. The van der Waals surface area contributed by atoms with Gasteiger partial charge in [0.05, 0.1) is 13.7 Å². The number of hydrogen-bond acceptors (Lipinski definition) is 5. The van der Waals surface area contributed by atoms with Gasteiger partial charge in [-0.2, -0.15) is 0 Å². The number of aryl methyl sites for hydroxylation is 1. The van der Waals surface area contributed by atoms with Gasteiger partial charge < -0.3 is 14.4 Å². The molecule has 0 bridgehead atoms. The first-order valence-electron chi connectivity index (χ1n) is 11.0. The van der Waals surface area contributed by atoms with Crippen molar-refractivity contribution >= 4 is 28.9 Å². The fraction of sp³-hybridized carbons (Fsp3) is 0.520. The first-order chi connectivity index (χ1) is 15.0. The molecule has 170 valence electrons.